The maximum atomic E-state index is 12.0. The van der Waals surface area contributed by atoms with E-state index in [0.29, 0.717) is 0 Å². The second-order valence-corrected chi connectivity index (χ2v) is 5.24. The average molecular weight is 240 g/mol. The van der Waals surface area contributed by atoms with E-state index < -0.39 is 0 Å². The number of piperidine rings is 1. The Kier molecular flexibility index (Phi) is 4.80. The molecule has 0 aromatic heterocycles. The van der Waals surface area contributed by atoms with E-state index in [1.54, 1.807) is 0 Å². The molecule has 0 aliphatic carbocycles. The minimum absolute atomic E-state index is 0.159. The van der Waals surface area contributed by atoms with Crippen LogP contribution >= 0.6 is 0 Å². The zero-order valence-electron chi connectivity index (χ0n) is 10.8. The van der Waals surface area contributed by atoms with Crippen molar-refractivity contribution in [2.75, 3.05) is 33.3 Å². The molecule has 1 N–H and O–H groups in total. The molecule has 2 aliphatic rings. The van der Waals surface area contributed by atoms with Crippen LogP contribution in [0.5, 0.6) is 0 Å². The van der Waals surface area contributed by atoms with Crippen LogP contribution in [0.25, 0.3) is 0 Å². The fourth-order valence-electron chi connectivity index (χ4n) is 2.68. The standard InChI is InChI=1S/C13H24N2O2/c1-15(13(16)12-3-2-10-17-12)9-6-11-4-7-14-8-5-11/h11-12,14H,2-10H2,1H3. The molecule has 98 valence electrons. The van der Waals surface area contributed by atoms with Gasteiger partial charge < -0.3 is 15.0 Å². The first-order valence-electron chi connectivity index (χ1n) is 6.84. The van der Waals surface area contributed by atoms with Crippen LogP contribution < -0.4 is 5.32 Å². The van der Waals surface area contributed by atoms with E-state index in [1.807, 2.05) is 11.9 Å². The van der Waals surface area contributed by atoms with Gasteiger partial charge in [-0.2, -0.15) is 0 Å². The second kappa shape index (κ2) is 6.36. The van der Waals surface area contributed by atoms with E-state index in [2.05, 4.69) is 5.32 Å². The molecule has 2 rings (SSSR count). The summed E-state index contributed by atoms with van der Waals surface area (Å²) in [5.41, 5.74) is 0. The minimum Gasteiger partial charge on any atom is -0.368 e. The number of likely N-dealkylation sites (N-methyl/N-ethyl adjacent to an activating group) is 1. The Morgan fingerprint density at radius 1 is 1.35 bits per heavy atom. The summed E-state index contributed by atoms with van der Waals surface area (Å²) in [5, 5.41) is 3.37. The number of carbonyl (C=O) groups excluding carboxylic acids is 1. The summed E-state index contributed by atoms with van der Waals surface area (Å²) in [6.45, 7) is 3.89. The topological polar surface area (TPSA) is 41.6 Å². The van der Waals surface area contributed by atoms with Gasteiger partial charge >= 0.3 is 0 Å². The first kappa shape index (κ1) is 12.8. The molecule has 0 spiro atoms. The van der Waals surface area contributed by atoms with Crippen molar-refractivity contribution in [1.29, 1.82) is 0 Å². The van der Waals surface area contributed by atoms with Crippen LogP contribution in [0.4, 0.5) is 0 Å². The Morgan fingerprint density at radius 2 is 2.12 bits per heavy atom. The number of carbonyl (C=O) groups is 1. The highest BCUT2D eigenvalue weighted by molar-refractivity contribution is 5.80. The molecular weight excluding hydrogens is 216 g/mol. The maximum Gasteiger partial charge on any atom is 0.251 e. The summed E-state index contributed by atoms with van der Waals surface area (Å²) in [4.78, 5) is 13.9. The summed E-state index contributed by atoms with van der Waals surface area (Å²) in [5.74, 6) is 0.965. The quantitative estimate of drug-likeness (QED) is 0.797. The number of hydrogen-bond acceptors (Lipinski definition) is 3. The van der Waals surface area contributed by atoms with Gasteiger partial charge in [0.15, 0.2) is 0 Å². The maximum absolute atomic E-state index is 12.0. The first-order chi connectivity index (χ1) is 8.27. The summed E-state index contributed by atoms with van der Waals surface area (Å²) in [6, 6.07) is 0. The lowest BCUT2D eigenvalue weighted by Gasteiger charge is -2.26. The molecule has 2 heterocycles. The Labute approximate surface area is 104 Å². The van der Waals surface area contributed by atoms with Crippen LogP contribution in [0.1, 0.15) is 32.1 Å². The van der Waals surface area contributed by atoms with Crippen LogP contribution in [0.3, 0.4) is 0 Å². The third-order valence-corrected chi connectivity index (χ3v) is 3.91. The van der Waals surface area contributed by atoms with E-state index in [4.69, 9.17) is 4.74 Å². The SMILES string of the molecule is CN(CCC1CCNCC1)C(=O)C1CCCO1. The Morgan fingerprint density at radius 3 is 2.76 bits per heavy atom. The van der Waals surface area contributed by atoms with Gasteiger partial charge in [-0.15, -0.1) is 0 Å². The van der Waals surface area contributed by atoms with Gasteiger partial charge in [-0.25, -0.2) is 0 Å². The Balaban J connectivity index is 1.68. The largest absolute Gasteiger partial charge is 0.368 e. The molecule has 17 heavy (non-hydrogen) atoms. The minimum atomic E-state index is -0.159. The highest BCUT2D eigenvalue weighted by Gasteiger charge is 2.26. The van der Waals surface area contributed by atoms with Crippen LogP contribution in [-0.4, -0.2) is 50.2 Å². The van der Waals surface area contributed by atoms with Crippen molar-refractivity contribution in [3.63, 3.8) is 0 Å². The van der Waals surface area contributed by atoms with E-state index in [0.717, 1.165) is 51.4 Å². The third-order valence-electron chi connectivity index (χ3n) is 3.91. The lowest BCUT2D eigenvalue weighted by molar-refractivity contribution is -0.139. The zero-order valence-corrected chi connectivity index (χ0v) is 10.8. The smallest absolute Gasteiger partial charge is 0.251 e. The number of nitrogens with one attached hydrogen (secondary N) is 1. The average Bonchev–Trinajstić information content (AvgIpc) is 2.90. The molecule has 0 bridgehead atoms. The van der Waals surface area contributed by atoms with Gasteiger partial charge in [-0.05, 0) is 51.1 Å². The lowest BCUT2D eigenvalue weighted by atomic mass is 9.94. The van der Waals surface area contributed by atoms with Crippen LogP contribution in [0.2, 0.25) is 0 Å². The van der Waals surface area contributed by atoms with Gasteiger partial charge in [-0.3, -0.25) is 4.79 Å². The summed E-state index contributed by atoms with van der Waals surface area (Å²) in [6.07, 6.45) is 5.41. The fourth-order valence-corrected chi connectivity index (χ4v) is 2.68. The van der Waals surface area contributed by atoms with Crippen molar-refractivity contribution in [3.8, 4) is 0 Å². The van der Waals surface area contributed by atoms with Gasteiger partial charge in [-0.1, -0.05) is 0 Å². The van der Waals surface area contributed by atoms with Crippen LogP contribution in [0.15, 0.2) is 0 Å². The number of rotatable bonds is 4. The molecule has 4 nitrogen and oxygen atoms in total. The van der Waals surface area contributed by atoms with Gasteiger partial charge in [0.05, 0.1) is 0 Å². The number of nitrogens with zero attached hydrogens (tertiary/aromatic N) is 1. The van der Waals surface area contributed by atoms with Gasteiger partial charge in [0, 0.05) is 20.2 Å². The van der Waals surface area contributed by atoms with Crippen molar-refractivity contribution < 1.29 is 9.53 Å². The fraction of sp³-hybridized carbons (Fsp3) is 0.923. The molecule has 2 aliphatic heterocycles. The molecule has 2 saturated heterocycles. The van der Waals surface area contributed by atoms with Crippen LogP contribution in [0, 0.1) is 5.92 Å². The summed E-state index contributed by atoms with van der Waals surface area (Å²) in [7, 11) is 1.91. The van der Waals surface area contributed by atoms with E-state index >= 15 is 0 Å². The van der Waals surface area contributed by atoms with Crippen molar-refractivity contribution in [2.24, 2.45) is 5.92 Å². The molecule has 0 aromatic rings. The Bertz CT molecular complexity index is 246. The Hall–Kier alpha value is -0.610. The van der Waals surface area contributed by atoms with Gasteiger partial charge in [0.2, 0.25) is 0 Å². The molecule has 0 saturated carbocycles. The van der Waals surface area contributed by atoms with E-state index in [-0.39, 0.29) is 12.0 Å². The van der Waals surface area contributed by atoms with Crippen LogP contribution in [-0.2, 0) is 9.53 Å². The predicted molar refractivity (Wildman–Crippen MR) is 66.8 cm³/mol. The summed E-state index contributed by atoms with van der Waals surface area (Å²) < 4.78 is 5.43. The van der Waals surface area contributed by atoms with E-state index in [1.165, 1.54) is 12.8 Å². The van der Waals surface area contributed by atoms with Crippen molar-refractivity contribution >= 4 is 5.91 Å². The predicted octanol–water partition coefficient (Wildman–Crippen LogP) is 1.01. The molecule has 0 radical (unpaired) electrons. The van der Waals surface area contributed by atoms with Gasteiger partial charge in [0.1, 0.15) is 6.10 Å². The van der Waals surface area contributed by atoms with Crippen molar-refractivity contribution in [3.05, 3.63) is 0 Å². The molecule has 0 aromatic carbocycles. The van der Waals surface area contributed by atoms with E-state index in [9.17, 15) is 4.79 Å². The normalized spacial score (nSPS) is 26.1. The molecule has 4 heteroatoms. The zero-order chi connectivity index (χ0) is 12.1. The second-order valence-electron chi connectivity index (χ2n) is 5.24. The number of ether oxygens (including phenoxy) is 1. The van der Waals surface area contributed by atoms with Crippen molar-refractivity contribution in [1.82, 2.24) is 10.2 Å². The molecule has 1 atom stereocenters. The number of hydrogen-bond donors (Lipinski definition) is 1. The first-order valence-corrected chi connectivity index (χ1v) is 6.84. The van der Waals surface area contributed by atoms with Crippen molar-refractivity contribution in [2.45, 2.75) is 38.2 Å². The highest BCUT2D eigenvalue weighted by Crippen LogP contribution is 2.18. The molecule has 2 fully saturated rings. The highest BCUT2D eigenvalue weighted by atomic mass is 16.5. The summed E-state index contributed by atoms with van der Waals surface area (Å²) >= 11 is 0. The molecule has 1 amide bonds. The third kappa shape index (κ3) is 3.68. The molecule has 1 unspecified atom stereocenters. The molecular formula is C13H24N2O2. The van der Waals surface area contributed by atoms with Gasteiger partial charge in [0.25, 0.3) is 5.91 Å². The lowest BCUT2D eigenvalue weighted by Crippen LogP contribution is -2.38. The number of amides is 1. The monoisotopic (exact) mass is 240 g/mol.